The molecule has 0 aliphatic carbocycles. The Hall–Kier alpha value is -0.360. The molecule has 7 heteroatoms. The Bertz CT molecular complexity index is 525. The van der Waals surface area contributed by atoms with Crippen LogP contribution in [0.5, 0.6) is 0 Å². The molecule has 1 aromatic heterocycles. The minimum absolute atomic E-state index is 0. The molecule has 0 radical (unpaired) electrons. The number of rotatable bonds is 4. The third kappa shape index (κ3) is 4.38. The van der Waals surface area contributed by atoms with Crippen molar-refractivity contribution in [2.75, 3.05) is 7.05 Å². The zero-order valence-corrected chi connectivity index (χ0v) is 16.5. The van der Waals surface area contributed by atoms with Crippen LogP contribution in [0.15, 0.2) is 0 Å². The summed E-state index contributed by atoms with van der Waals surface area (Å²) < 4.78 is 0. The smallest absolute Gasteiger partial charge is 0.265 e. The zero-order chi connectivity index (χ0) is 15.0. The van der Waals surface area contributed by atoms with Crippen LogP contribution in [-0.4, -0.2) is 41.0 Å². The normalized spacial score (nSPS) is 25.4. The third-order valence-electron chi connectivity index (χ3n) is 4.82. The van der Waals surface area contributed by atoms with Gasteiger partial charge in [-0.15, -0.1) is 36.2 Å². The highest BCUT2D eigenvalue weighted by molar-refractivity contribution is 7.13. The van der Waals surface area contributed by atoms with E-state index in [4.69, 9.17) is 0 Å². The molecule has 2 fully saturated rings. The maximum absolute atomic E-state index is 12.8. The Labute approximate surface area is 155 Å². The maximum atomic E-state index is 12.8. The quantitative estimate of drug-likeness (QED) is 0.868. The van der Waals surface area contributed by atoms with Gasteiger partial charge < -0.3 is 10.2 Å². The van der Waals surface area contributed by atoms with Crippen molar-refractivity contribution in [3.05, 3.63) is 15.6 Å². The molecule has 2 unspecified atom stereocenters. The van der Waals surface area contributed by atoms with Gasteiger partial charge >= 0.3 is 0 Å². The van der Waals surface area contributed by atoms with Crippen LogP contribution in [0.25, 0.3) is 0 Å². The van der Waals surface area contributed by atoms with Crippen molar-refractivity contribution < 1.29 is 4.79 Å². The summed E-state index contributed by atoms with van der Waals surface area (Å²) in [5.74, 6) is 0.165. The number of nitrogens with one attached hydrogen (secondary N) is 1. The SMILES string of the molecule is CCCc1nc(C)c(C(=O)N(C)C2CC3CCC(C2)N3)s1.Cl.Cl. The second-order valence-electron chi connectivity index (χ2n) is 6.45. The number of halogens is 2. The molecule has 3 rings (SSSR count). The molecular formula is C16H27Cl2N3OS. The summed E-state index contributed by atoms with van der Waals surface area (Å²) in [6.45, 7) is 4.11. The van der Waals surface area contributed by atoms with Crippen molar-refractivity contribution >= 4 is 42.1 Å². The van der Waals surface area contributed by atoms with Gasteiger partial charge in [0.25, 0.3) is 5.91 Å². The monoisotopic (exact) mass is 379 g/mol. The molecule has 1 N–H and O–H groups in total. The first-order valence-corrected chi connectivity index (χ1v) is 8.89. The van der Waals surface area contributed by atoms with Gasteiger partial charge in [-0.25, -0.2) is 4.98 Å². The highest BCUT2D eigenvalue weighted by Crippen LogP contribution is 2.31. The molecule has 4 nitrogen and oxygen atoms in total. The number of aryl methyl sites for hydroxylation is 2. The molecule has 1 amide bonds. The van der Waals surface area contributed by atoms with E-state index >= 15 is 0 Å². The van der Waals surface area contributed by atoms with Crippen LogP contribution >= 0.6 is 36.2 Å². The van der Waals surface area contributed by atoms with Crippen LogP contribution < -0.4 is 5.32 Å². The van der Waals surface area contributed by atoms with Crippen molar-refractivity contribution in [1.82, 2.24) is 15.2 Å². The molecule has 2 aliphatic rings. The Morgan fingerprint density at radius 3 is 2.48 bits per heavy atom. The van der Waals surface area contributed by atoms with Gasteiger partial charge in [-0.2, -0.15) is 0 Å². The number of carbonyl (C=O) groups is 1. The minimum atomic E-state index is 0. The number of thiazole rings is 1. The zero-order valence-electron chi connectivity index (χ0n) is 14.0. The van der Waals surface area contributed by atoms with Gasteiger partial charge in [-0.1, -0.05) is 6.92 Å². The van der Waals surface area contributed by atoms with E-state index in [0.717, 1.165) is 41.3 Å². The number of amides is 1. The van der Waals surface area contributed by atoms with Gasteiger partial charge in [0.05, 0.1) is 10.7 Å². The van der Waals surface area contributed by atoms with Gasteiger partial charge in [0.1, 0.15) is 4.88 Å². The summed E-state index contributed by atoms with van der Waals surface area (Å²) in [5, 5.41) is 4.73. The molecule has 2 bridgehead atoms. The lowest BCUT2D eigenvalue weighted by molar-refractivity contribution is 0.0685. The first-order valence-electron chi connectivity index (χ1n) is 8.08. The van der Waals surface area contributed by atoms with Crippen molar-refractivity contribution in [2.45, 2.75) is 70.5 Å². The topological polar surface area (TPSA) is 45.2 Å². The summed E-state index contributed by atoms with van der Waals surface area (Å²) in [5.41, 5.74) is 0.900. The van der Waals surface area contributed by atoms with Crippen LogP contribution in [0, 0.1) is 6.92 Å². The van der Waals surface area contributed by atoms with E-state index in [1.54, 1.807) is 11.3 Å². The lowest BCUT2D eigenvalue weighted by Crippen LogP contribution is -2.48. The van der Waals surface area contributed by atoms with Crippen LogP contribution in [-0.2, 0) is 6.42 Å². The second-order valence-corrected chi connectivity index (χ2v) is 7.53. The molecule has 2 atom stereocenters. The molecule has 0 aromatic carbocycles. The van der Waals surface area contributed by atoms with Gasteiger partial charge in [0, 0.05) is 25.2 Å². The Kier molecular flexibility index (Phi) is 7.78. The van der Waals surface area contributed by atoms with Crippen molar-refractivity contribution in [2.24, 2.45) is 0 Å². The fourth-order valence-corrected chi connectivity index (χ4v) is 4.79. The van der Waals surface area contributed by atoms with Crippen molar-refractivity contribution in [3.63, 3.8) is 0 Å². The largest absolute Gasteiger partial charge is 0.338 e. The first kappa shape index (κ1) is 20.7. The molecule has 0 spiro atoms. The average Bonchev–Trinajstić information content (AvgIpc) is 3.00. The number of hydrogen-bond acceptors (Lipinski definition) is 4. The summed E-state index contributed by atoms with van der Waals surface area (Å²) in [4.78, 5) is 20.2. The summed E-state index contributed by atoms with van der Waals surface area (Å²) in [6.07, 6.45) is 6.78. The maximum Gasteiger partial charge on any atom is 0.265 e. The van der Waals surface area contributed by atoms with Crippen LogP contribution in [0.3, 0.4) is 0 Å². The Morgan fingerprint density at radius 2 is 1.91 bits per heavy atom. The highest BCUT2D eigenvalue weighted by Gasteiger charge is 2.37. The van der Waals surface area contributed by atoms with Crippen LogP contribution in [0.1, 0.15) is 59.4 Å². The molecule has 23 heavy (non-hydrogen) atoms. The van der Waals surface area contributed by atoms with E-state index in [9.17, 15) is 4.79 Å². The van der Waals surface area contributed by atoms with Crippen LogP contribution in [0.2, 0.25) is 0 Å². The van der Waals surface area contributed by atoms with E-state index in [-0.39, 0.29) is 30.7 Å². The number of fused-ring (bicyclic) bond motifs is 2. The summed E-state index contributed by atoms with van der Waals surface area (Å²) in [6, 6.07) is 1.61. The van der Waals surface area contributed by atoms with Gasteiger partial charge in [0.2, 0.25) is 0 Å². The number of hydrogen-bond donors (Lipinski definition) is 1. The van der Waals surface area contributed by atoms with E-state index < -0.39 is 0 Å². The average molecular weight is 380 g/mol. The molecule has 1 aromatic rings. The molecular weight excluding hydrogens is 353 g/mol. The van der Waals surface area contributed by atoms with Crippen molar-refractivity contribution in [1.29, 1.82) is 0 Å². The third-order valence-corrected chi connectivity index (χ3v) is 6.02. The van der Waals surface area contributed by atoms with Crippen LogP contribution in [0.4, 0.5) is 0 Å². The van der Waals surface area contributed by atoms with Gasteiger partial charge in [-0.3, -0.25) is 4.79 Å². The van der Waals surface area contributed by atoms with Crippen molar-refractivity contribution in [3.8, 4) is 0 Å². The Balaban J connectivity index is 0.00000132. The Morgan fingerprint density at radius 1 is 1.30 bits per heavy atom. The lowest BCUT2D eigenvalue weighted by atomic mass is 9.98. The lowest BCUT2D eigenvalue weighted by Gasteiger charge is -2.35. The minimum Gasteiger partial charge on any atom is -0.338 e. The fourth-order valence-electron chi connectivity index (χ4n) is 3.64. The standard InChI is InChI=1S/C16H25N3OS.2ClH/c1-4-5-14-17-10(2)15(21-14)16(20)19(3)13-8-11-6-7-12(9-13)18-11;;/h11-13,18H,4-9H2,1-3H3;2*1H. The van der Waals surface area contributed by atoms with E-state index in [1.807, 2.05) is 18.9 Å². The van der Waals surface area contributed by atoms with E-state index in [2.05, 4.69) is 17.2 Å². The van der Waals surface area contributed by atoms with Gasteiger partial charge in [0.15, 0.2) is 0 Å². The van der Waals surface area contributed by atoms with E-state index in [1.165, 1.54) is 12.8 Å². The molecule has 3 heterocycles. The highest BCUT2D eigenvalue weighted by atomic mass is 35.5. The second kappa shape index (κ2) is 8.65. The first-order chi connectivity index (χ1) is 10.1. The molecule has 0 saturated carbocycles. The number of carbonyl (C=O) groups excluding carboxylic acids is 1. The van der Waals surface area contributed by atoms with Gasteiger partial charge in [-0.05, 0) is 45.4 Å². The number of aromatic nitrogens is 1. The number of piperidine rings is 1. The number of nitrogens with zero attached hydrogens (tertiary/aromatic N) is 2. The predicted molar refractivity (Wildman–Crippen MR) is 100 cm³/mol. The predicted octanol–water partition coefficient (Wildman–Crippen LogP) is 3.60. The van der Waals surface area contributed by atoms with E-state index in [0.29, 0.717) is 18.1 Å². The fraction of sp³-hybridized carbons (Fsp3) is 0.750. The summed E-state index contributed by atoms with van der Waals surface area (Å²) >= 11 is 1.58. The molecule has 132 valence electrons. The molecule has 2 aliphatic heterocycles. The summed E-state index contributed by atoms with van der Waals surface area (Å²) in [7, 11) is 1.97. The molecule has 2 saturated heterocycles.